The molecule has 4 rings (SSSR count). The number of hydrogen-bond acceptors (Lipinski definition) is 4. The minimum absolute atomic E-state index is 0.250. The summed E-state index contributed by atoms with van der Waals surface area (Å²) in [5.74, 6) is 1.65. The molecule has 0 radical (unpaired) electrons. The van der Waals surface area contributed by atoms with Crippen LogP contribution in [0.15, 0.2) is 44.3 Å². The first-order chi connectivity index (χ1) is 12.2. The van der Waals surface area contributed by atoms with E-state index in [2.05, 4.69) is 25.5 Å². The van der Waals surface area contributed by atoms with E-state index in [1.165, 1.54) is 16.9 Å². The second kappa shape index (κ2) is 6.13. The molecule has 0 amide bonds. The summed E-state index contributed by atoms with van der Waals surface area (Å²) in [5.41, 5.74) is 2.90. The first kappa shape index (κ1) is 17.6. The van der Waals surface area contributed by atoms with Gasteiger partial charge in [-0.1, -0.05) is 26.8 Å². The molecule has 0 saturated heterocycles. The van der Waals surface area contributed by atoms with E-state index in [0.29, 0.717) is 15.8 Å². The zero-order chi connectivity index (χ0) is 18.5. The number of benzene rings is 1. The zero-order valence-electron chi connectivity index (χ0n) is 15.2. The van der Waals surface area contributed by atoms with Gasteiger partial charge in [-0.2, -0.15) is 0 Å². The summed E-state index contributed by atoms with van der Waals surface area (Å²) in [6, 6.07) is 8.89. The van der Waals surface area contributed by atoms with Gasteiger partial charge in [-0.25, -0.2) is 8.42 Å². The Kier molecular flexibility index (Phi) is 4.15. The number of hydrogen-bond donors (Lipinski definition) is 1. The Morgan fingerprint density at radius 1 is 1.23 bits per heavy atom. The lowest BCUT2D eigenvalue weighted by Gasteiger charge is -2.33. The number of furan rings is 1. The molecule has 2 heterocycles. The van der Waals surface area contributed by atoms with Crippen molar-refractivity contribution in [3.8, 4) is 0 Å². The minimum atomic E-state index is -3.54. The maximum atomic E-state index is 12.5. The highest BCUT2D eigenvalue weighted by atomic mass is 32.2. The summed E-state index contributed by atoms with van der Waals surface area (Å²) >= 11 is 1.21. The van der Waals surface area contributed by atoms with Crippen molar-refractivity contribution in [1.82, 2.24) is 0 Å². The zero-order valence-corrected chi connectivity index (χ0v) is 16.8. The SMILES string of the molecule is CC(C)(C)[C@@H]1CCc2oc3ccc(NS(=O)(=O)c4cccs4)cc3c2C1. The Morgan fingerprint density at radius 3 is 2.73 bits per heavy atom. The molecule has 0 fully saturated rings. The van der Waals surface area contributed by atoms with Crippen LogP contribution < -0.4 is 4.72 Å². The van der Waals surface area contributed by atoms with E-state index in [1.807, 2.05) is 12.1 Å². The van der Waals surface area contributed by atoms with Gasteiger partial charge in [-0.05, 0) is 53.8 Å². The summed E-state index contributed by atoms with van der Waals surface area (Å²) in [4.78, 5) is 0. The third-order valence-electron chi connectivity index (χ3n) is 5.28. The molecule has 3 aromatic rings. The minimum Gasteiger partial charge on any atom is -0.461 e. The Bertz CT molecular complexity index is 1040. The van der Waals surface area contributed by atoms with Gasteiger partial charge in [0, 0.05) is 23.1 Å². The maximum absolute atomic E-state index is 12.5. The van der Waals surface area contributed by atoms with Gasteiger partial charge < -0.3 is 4.42 Å². The van der Waals surface area contributed by atoms with Crippen molar-refractivity contribution in [2.45, 2.75) is 44.2 Å². The van der Waals surface area contributed by atoms with Gasteiger partial charge in [0.05, 0.1) is 0 Å². The fourth-order valence-electron chi connectivity index (χ4n) is 3.70. The van der Waals surface area contributed by atoms with Crippen molar-refractivity contribution in [2.24, 2.45) is 11.3 Å². The van der Waals surface area contributed by atoms with Crippen LogP contribution in [-0.2, 0) is 22.9 Å². The summed E-state index contributed by atoms with van der Waals surface area (Å²) < 4.78 is 34.0. The molecule has 0 saturated carbocycles. The largest absolute Gasteiger partial charge is 0.461 e. The summed E-state index contributed by atoms with van der Waals surface area (Å²) in [5, 5.41) is 2.79. The lowest BCUT2D eigenvalue weighted by atomic mass is 9.71. The number of anilines is 1. The van der Waals surface area contributed by atoms with Crippen molar-refractivity contribution in [2.75, 3.05) is 4.72 Å². The average Bonchev–Trinajstić information content (AvgIpc) is 3.21. The highest BCUT2D eigenvalue weighted by molar-refractivity contribution is 7.94. The third kappa shape index (κ3) is 3.16. The number of aryl methyl sites for hydroxylation is 1. The first-order valence-corrected chi connectivity index (χ1v) is 11.2. The van der Waals surface area contributed by atoms with Crippen molar-refractivity contribution in [3.05, 3.63) is 47.0 Å². The fraction of sp³-hybridized carbons (Fsp3) is 0.400. The van der Waals surface area contributed by atoms with Crippen molar-refractivity contribution < 1.29 is 12.8 Å². The van der Waals surface area contributed by atoms with Crippen LogP contribution in [0.1, 0.15) is 38.5 Å². The van der Waals surface area contributed by atoms with Gasteiger partial charge in [0.15, 0.2) is 0 Å². The number of thiophene rings is 1. The molecule has 1 atom stereocenters. The monoisotopic (exact) mass is 389 g/mol. The van der Waals surface area contributed by atoms with Gasteiger partial charge in [0.1, 0.15) is 15.6 Å². The summed E-state index contributed by atoms with van der Waals surface area (Å²) in [7, 11) is -3.54. The lowest BCUT2D eigenvalue weighted by Crippen LogP contribution is -2.26. The quantitative estimate of drug-likeness (QED) is 0.648. The Hall–Kier alpha value is -1.79. The molecule has 4 nitrogen and oxygen atoms in total. The van der Waals surface area contributed by atoms with Gasteiger partial charge in [0.25, 0.3) is 10.0 Å². The van der Waals surface area contributed by atoms with Crippen LogP contribution in [0.3, 0.4) is 0 Å². The second-order valence-corrected chi connectivity index (χ2v) is 10.9. The van der Waals surface area contributed by atoms with Crippen LogP contribution in [0.25, 0.3) is 11.0 Å². The van der Waals surface area contributed by atoms with Crippen LogP contribution >= 0.6 is 11.3 Å². The molecular weight excluding hydrogens is 366 g/mol. The van der Waals surface area contributed by atoms with Crippen molar-refractivity contribution in [1.29, 1.82) is 0 Å². The summed E-state index contributed by atoms with van der Waals surface area (Å²) in [6.45, 7) is 6.85. The average molecular weight is 390 g/mol. The number of nitrogens with one attached hydrogen (secondary N) is 1. The standard InChI is InChI=1S/C20H23NO3S2/c1-20(2,3)13-6-8-17-15(11-13)16-12-14(7-9-18(16)24-17)21-26(22,23)19-5-4-10-25-19/h4-5,7,9-10,12-13,21H,6,8,11H2,1-3H3/t13-/m1/s1. The Morgan fingerprint density at radius 2 is 2.04 bits per heavy atom. The number of sulfonamides is 1. The maximum Gasteiger partial charge on any atom is 0.271 e. The van der Waals surface area contributed by atoms with E-state index in [4.69, 9.17) is 4.42 Å². The second-order valence-electron chi connectivity index (χ2n) is 8.06. The fourth-order valence-corrected chi connectivity index (χ4v) is 5.75. The van der Waals surface area contributed by atoms with E-state index in [-0.39, 0.29) is 5.41 Å². The molecule has 0 aliphatic heterocycles. The Labute approximate surface area is 158 Å². The highest BCUT2D eigenvalue weighted by Gasteiger charge is 2.31. The number of rotatable bonds is 3. The van der Waals surface area contributed by atoms with E-state index < -0.39 is 10.0 Å². The molecule has 2 aromatic heterocycles. The smallest absolute Gasteiger partial charge is 0.271 e. The predicted octanol–water partition coefficient (Wildman–Crippen LogP) is 5.45. The van der Waals surface area contributed by atoms with Crippen LogP contribution in [0.4, 0.5) is 5.69 Å². The van der Waals surface area contributed by atoms with Gasteiger partial charge >= 0.3 is 0 Å². The summed E-state index contributed by atoms with van der Waals surface area (Å²) in [6.07, 6.45) is 3.06. The third-order valence-corrected chi connectivity index (χ3v) is 8.06. The van der Waals surface area contributed by atoms with Crippen LogP contribution in [-0.4, -0.2) is 8.42 Å². The van der Waals surface area contributed by atoms with E-state index in [0.717, 1.165) is 36.0 Å². The highest BCUT2D eigenvalue weighted by Crippen LogP contribution is 2.41. The molecule has 1 aromatic carbocycles. The molecular formula is C20H23NO3S2. The molecule has 26 heavy (non-hydrogen) atoms. The molecule has 0 bridgehead atoms. The molecule has 0 unspecified atom stereocenters. The normalized spacial score (nSPS) is 18.0. The molecule has 138 valence electrons. The van der Waals surface area contributed by atoms with Crippen molar-refractivity contribution in [3.63, 3.8) is 0 Å². The molecule has 6 heteroatoms. The van der Waals surface area contributed by atoms with Crippen LogP contribution in [0.5, 0.6) is 0 Å². The van der Waals surface area contributed by atoms with Crippen molar-refractivity contribution >= 4 is 38.0 Å². The van der Waals surface area contributed by atoms with Crippen LogP contribution in [0.2, 0.25) is 0 Å². The first-order valence-electron chi connectivity index (χ1n) is 8.85. The van der Waals surface area contributed by atoms with Gasteiger partial charge in [0.2, 0.25) is 0 Å². The molecule has 1 aliphatic carbocycles. The topological polar surface area (TPSA) is 59.3 Å². The van der Waals surface area contributed by atoms with Gasteiger partial charge in [-0.3, -0.25) is 4.72 Å². The van der Waals surface area contributed by atoms with Gasteiger partial charge in [-0.15, -0.1) is 11.3 Å². The van der Waals surface area contributed by atoms with Crippen LogP contribution in [0, 0.1) is 11.3 Å². The molecule has 1 aliphatic rings. The lowest BCUT2D eigenvalue weighted by molar-refractivity contribution is 0.210. The molecule has 0 spiro atoms. The molecule has 1 N–H and O–H groups in total. The number of fused-ring (bicyclic) bond motifs is 3. The van der Waals surface area contributed by atoms with E-state index >= 15 is 0 Å². The van der Waals surface area contributed by atoms with E-state index in [9.17, 15) is 8.42 Å². The van der Waals surface area contributed by atoms with E-state index in [1.54, 1.807) is 23.6 Å². The Balaban J connectivity index is 1.70. The predicted molar refractivity (Wildman–Crippen MR) is 106 cm³/mol.